The van der Waals surface area contributed by atoms with Gasteiger partial charge >= 0.3 is 0 Å². The van der Waals surface area contributed by atoms with Gasteiger partial charge in [-0.1, -0.05) is 117 Å². The van der Waals surface area contributed by atoms with Crippen molar-refractivity contribution in [1.82, 2.24) is 0 Å². The summed E-state index contributed by atoms with van der Waals surface area (Å²) in [6, 6.07) is 0. The number of aliphatic hydroxyl groups is 2. The lowest BCUT2D eigenvalue weighted by atomic mass is 10.1. The second-order valence-electron chi connectivity index (χ2n) is 8.94. The van der Waals surface area contributed by atoms with Crippen LogP contribution in [0.2, 0.25) is 0 Å². The Balaban J connectivity index is 0. The van der Waals surface area contributed by atoms with E-state index in [1.165, 1.54) is 116 Å². The van der Waals surface area contributed by atoms with E-state index in [0.717, 1.165) is 13.2 Å². The Bertz CT molecular complexity index is 274. The second kappa shape index (κ2) is 36.4. The Hall–Kier alpha value is -0.200. The van der Waals surface area contributed by atoms with Crippen molar-refractivity contribution in [1.29, 1.82) is 0 Å². The molecule has 0 fully saturated rings. The average Bonchev–Trinajstić information content (AvgIpc) is 2.83. The van der Waals surface area contributed by atoms with Gasteiger partial charge in [0.15, 0.2) is 0 Å². The van der Waals surface area contributed by atoms with E-state index in [2.05, 4.69) is 13.8 Å². The Morgan fingerprint density at radius 2 is 0.606 bits per heavy atom. The minimum atomic E-state index is 0.0417. The van der Waals surface area contributed by atoms with Crippen LogP contribution in [-0.2, 0) is 14.2 Å². The molecule has 33 heavy (non-hydrogen) atoms. The van der Waals surface area contributed by atoms with Crippen molar-refractivity contribution in [2.45, 2.75) is 129 Å². The largest absolute Gasteiger partial charge is 0.394 e. The molecule has 0 unspecified atom stereocenters. The molecule has 202 valence electrons. The van der Waals surface area contributed by atoms with Gasteiger partial charge in [0.25, 0.3) is 0 Å². The van der Waals surface area contributed by atoms with Gasteiger partial charge in [-0.2, -0.15) is 0 Å². The minimum Gasteiger partial charge on any atom is -0.394 e. The number of hydrogen-bond donors (Lipinski definition) is 2. The fourth-order valence-corrected chi connectivity index (χ4v) is 3.58. The first kappa shape index (κ1) is 35.0. The van der Waals surface area contributed by atoms with Crippen LogP contribution in [0.5, 0.6) is 0 Å². The maximum atomic E-state index is 8.26. The van der Waals surface area contributed by atoms with Crippen LogP contribution in [0.25, 0.3) is 0 Å². The van der Waals surface area contributed by atoms with Crippen LogP contribution in [0.4, 0.5) is 0 Å². The zero-order chi connectivity index (χ0) is 24.5. The van der Waals surface area contributed by atoms with Crippen molar-refractivity contribution in [2.24, 2.45) is 0 Å². The predicted molar refractivity (Wildman–Crippen MR) is 141 cm³/mol. The van der Waals surface area contributed by atoms with Crippen LogP contribution < -0.4 is 0 Å². The maximum Gasteiger partial charge on any atom is 0.0701 e. The smallest absolute Gasteiger partial charge is 0.0701 e. The van der Waals surface area contributed by atoms with E-state index in [1.807, 2.05) is 0 Å². The van der Waals surface area contributed by atoms with Crippen molar-refractivity contribution >= 4 is 0 Å². The molecule has 0 aliphatic rings. The van der Waals surface area contributed by atoms with Gasteiger partial charge in [-0.25, -0.2) is 0 Å². The highest BCUT2D eigenvalue weighted by Gasteiger charge is 1.95. The summed E-state index contributed by atoms with van der Waals surface area (Å²) >= 11 is 0. The molecule has 0 aliphatic heterocycles. The fourth-order valence-electron chi connectivity index (χ4n) is 3.58. The summed E-state index contributed by atoms with van der Waals surface area (Å²) in [5.41, 5.74) is 0. The average molecular weight is 477 g/mol. The first-order valence-electron chi connectivity index (χ1n) is 14.3. The van der Waals surface area contributed by atoms with E-state index >= 15 is 0 Å². The first-order chi connectivity index (χ1) is 16.3. The van der Waals surface area contributed by atoms with Crippen molar-refractivity contribution in [3.05, 3.63) is 0 Å². The van der Waals surface area contributed by atoms with Gasteiger partial charge in [0.2, 0.25) is 0 Å². The molecule has 0 rings (SSSR count). The second-order valence-corrected chi connectivity index (χ2v) is 8.94. The molecule has 0 aromatic carbocycles. The third-order valence-corrected chi connectivity index (χ3v) is 5.63. The van der Waals surface area contributed by atoms with Gasteiger partial charge in [-0.05, 0) is 12.8 Å². The highest BCUT2D eigenvalue weighted by molar-refractivity contribution is 4.48. The lowest BCUT2D eigenvalue weighted by molar-refractivity contribution is 0.0222. The molecule has 0 amide bonds. The number of rotatable bonds is 27. The van der Waals surface area contributed by atoms with E-state index in [0.29, 0.717) is 26.4 Å². The number of aliphatic hydroxyl groups excluding tert-OH is 2. The Kier molecular flexibility index (Phi) is 38.5. The third kappa shape index (κ3) is 39.3. The SMILES string of the molecule is CCCCCCCCCCCOCCCCCCCCCCC.OCCOCCOCCO. The molecule has 0 atom stereocenters. The molecule has 0 aromatic rings. The molecule has 0 heterocycles. The van der Waals surface area contributed by atoms with Crippen LogP contribution >= 0.6 is 0 Å². The van der Waals surface area contributed by atoms with Gasteiger partial charge < -0.3 is 24.4 Å². The van der Waals surface area contributed by atoms with Crippen molar-refractivity contribution in [2.75, 3.05) is 52.9 Å². The molecule has 5 nitrogen and oxygen atoms in total. The summed E-state index contributed by atoms with van der Waals surface area (Å²) in [6.45, 7) is 8.29. The molecule has 0 spiro atoms. The van der Waals surface area contributed by atoms with Crippen LogP contribution in [0.3, 0.4) is 0 Å². The van der Waals surface area contributed by atoms with Crippen LogP contribution in [0, 0.1) is 0 Å². The Morgan fingerprint density at radius 3 is 0.909 bits per heavy atom. The van der Waals surface area contributed by atoms with Crippen LogP contribution in [-0.4, -0.2) is 63.1 Å². The van der Waals surface area contributed by atoms with Crippen molar-refractivity contribution < 1.29 is 24.4 Å². The maximum absolute atomic E-state index is 8.26. The standard InChI is InChI=1S/C22H46O.C6H14O4/c1-3-5-7-9-11-13-15-17-19-21-23-22-20-18-16-14-12-10-8-6-4-2;7-1-3-9-5-6-10-4-2-8/h3-22H2,1-2H3;7-8H,1-6H2. The normalized spacial score (nSPS) is 10.9. The number of unbranched alkanes of at least 4 members (excludes halogenated alkanes) is 16. The van der Waals surface area contributed by atoms with E-state index in [1.54, 1.807) is 0 Å². The lowest BCUT2D eigenvalue weighted by Gasteiger charge is -2.05. The molecule has 0 saturated carbocycles. The van der Waals surface area contributed by atoms with Gasteiger partial charge in [0.05, 0.1) is 39.6 Å². The van der Waals surface area contributed by atoms with Crippen molar-refractivity contribution in [3.8, 4) is 0 Å². The zero-order valence-electron chi connectivity index (χ0n) is 22.5. The first-order valence-corrected chi connectivity index (χ1v) is 14.3. The molecule has 0 radical (unpaired) electrons. The molecule has 0 saturated heterocycles. The highest BCUT2D eigenvalue weighted by Crippen LogP contribution is 2.11. The van der Waals surface area contributed by atoms with Gasteiger partial charge in [-0.3, -0.25) is 0 Å². The summed E-state index contributed by atoms with van der Waals surface area (Å²) in [7, 11) is 0. The predicted octanol–water partition coefficient (Wildman–Crippen LogP) is 7.07. The monoisotopic (exact) mass is 476 g/mol. The lowest BCUT2D eigenvalue weighted by Crippen LogP contribution is -2.09. The molecule has 5 heteroatoms. The van der Waals surface area contributed by atoms with Gasteiger partial charge in [0.1, 0.15) is 0 Å². The Labute approximate surface area is 207 Å². The minimum absolute atomic E-state index is 0.0417. The van der Waals surface area contributed by atoms with Gasteiger partial charge in [0, 0.05) is 13.2 Å². The van der Waals surface area contributed by atoms with Gasteiger partial charge in [-0.15, -0.1) is 0 Å². The van der Waals surface area contributed by atoms with E-state index in [-0.39, 0.29) is 13.2 Å². The van der Waals surface area contributed by atoms with Crippen LogP contribution in [0.1, 0.15) is 129 Å². The quantitative estimate of drug-likeness (QED) is 0.124. The molecule has 2 N–H and O–H groups in total. The topological polar surface area (TPSA) is 68.2 Å². The third-order valence-electron chi connectivity index (χ3n) is 5.63. The van der Waals surface area contributed by atoms with E-state index < -0.39 is 0 Å². The molecular formula is C28H60O5. The molecule has 0 bridgehead atoms. The summed E-state index contributed by atoms with van der Waals surface area (Å²) < 4.78 is 15.5. The zero-order valence-corrected chi connectivity index (χ0v) is 22.5. The van der Waals surface area contributed by atoms with E-state index in [9.17, 15) is 0 Å². The summed E-state index contributed by atoms with van der Waals surface area (Å²) in [4.78, 5) is 0. The fraction of sp³-hybridized carbons (Fsp3) is 1.00. The molecule has 0 aromatic heterocycles. The highest BCUT2D eigenvalue weighted by atomic mass is 16.5. The summed E-state index contributed by atoms with van der Waals surface area (Å²) in [6.07, 6.45) is 25.2. The van der Waals surface area contributed by atoms with E-state index in [4.69, 9.17) is 24.4 Å². The number of ether oxygens (including phenoxy) is 3. The van der Waals surface area contributed by atoms with Crippen LogP contribution in [0.15, 0.2) is 0 Å². The molecule has 0 aliphatic carbocycles. The van der Waals surface area contributed by atoms with Crippen molar-refractivity contribution in [3.63, 3.8) is 0 Å². The summed E-state index contributed by atoms with van der Waals surface area (Å²) in [5, 5.41) is 16.5. The Morgan fingerprint density at radius 1 is 0.333 bits per heavy atom. The summed E-state index contributed by atoms with van der Waals surface area (Å²) in [5.74, 6) is 0. The molecular weight excluding hydrogens is 416 g/mol. The number of hydrogen-bond acceptors (Lipinski definition) is 5.